The number of thiocarbonyl (C=S) groups is 1. The summed E-state index contributed by atoms with van der Waals surface area (Å²) in [5, 5.41) is 8.23. The van der Waals surface area contributed by atoms with Crippen LogP contribution in [0.4, 0.5) is 5.00 Å². The summed E-state index contributed by atoms with van der Waals surface area (Å²) in [7, 11) is 1.45. The molecule has 0 spiro atoms. The number of rotatable bonds is 3. The van der Waals surface area contributed by atoms with Crippen molar-refractivity contribution in [3.05, 3.63) is 16.0 Å². The molecule has 1 saturated carbocycles. The molecule has 2 aliphatic carbocycles. The summed E-state index contributed by atoms with van der Waals surface area (Å²) in [6, 6.07) is 0.443. The van der Waals surface area contributed by atoms with Crippen molar-refractivity contribution in [1.82, 2.24) is 5.32 Å². The van der Waals surface area contributed by atoms with E-state index in [1.807, 2.05) is 0 Å². The van der Waals surface area contributed by atoms with Gasteiger partial charge in [0, 0.05) is 10.9 Å². The fourth-order valence-corrected chi connectivity index (χ4v) is 5.64. The standard InChI is InChI=1S/C19H28N2O2S2/c1-12-9-10-14-15(11-12)25-17(16(14)18(22)23-2)21-19(24)20-13-7-5-3-4-6-8-13/h12-13H,3-11H2,1-2H3,(H2,20,21,24). The lowest BCUT2D eigenvalue weighted by Crippen LogP contribution is -2.37. The van der Waals surface area contributed by atoms with Crippen LogP contribution in [0.25, 0.3) is 0 Å². The number of nitrogens with one attached hydrogen (secondary N) is 2. The maximum atomic E-state index is 12.3. The molecule has 6 heteroatoms. The fraction of sp³-hybridized carbons (Fsp3) is 0.684. The second kappa shape index (κ2) is 8.49. The van der Waals surface area contributed by atoms with Crippen molar-refractivity contribution in [3.8, 4) is 0 Å². The summed E-state index contributed by atoms with van der Waals surface area (Å²) < 4.78 is 5.04. The van der Waals surface area contributed by atoms with Crippen LogP contribution in [0.3, 0.4) is 0 Å². The Balaban J connectivity index is 1.74. The number of fused-ring (bicyclic) bond motifs is 1. The van der Waals surface area contributed by atoms with Gasteiger partial charge in [-0.3, -0.25) is 0 Å². The maximum absolute atomic E-state index is 12.3. The minimum absolute atomic E-state index is 0.258. The summed E-state index contributed by atoms with van der Waals surface area (Å²) in [4.78, 5) is 13.7. The van der Waals surface area contributed by atoms with Gasteiger partial charge in [-0.25, -0.2) is 4.79 Å². The number of anilines is 1. The van der Waals surface area contributed by atoms with Crippen LogP contribution in [0.15, 0.2) is 0 Å². The van der Waals surface area contributed by atoms with Gasteiger partial charge in [0.25, 0.3) is 0 Å². The molecule has 1 heterocycles. The first-order valence-electron chi connectivity index (χ1n) is 9.38. The highest BCUT2D eigenvalue weighted by Crippen LogP contribution is 2.40. The molecule has 1 aromatic rings. The van der Waals surface area contributed by atoms with Gasteiger partial charge in [0.1, 0.15) is 5.00 Å². The van der Waals surface area contributed by atoms with E-state index < -0.39 is 0 Å². The molecule has 1 atom stereocenters. The molecule has 3 rings (SSSR count). The SMILES string of the molecule is COC(=O)c1c(NC(=S)NC2CCCCCC2)sc2c1CCC(C)C2. The second-order valence-corrected chi connectivity index (χ2v) is 8.85. The monoisotopic (exact) mass is 380 g/mol. The topological polar surface area (TPSA) is 50.4 Å². The number of hydrogen-bond acceptors (Lipinski definition) is 4. The smallest absolute Gasteiger partial charge is 0.341 e. The summed E-state index contributed by atoms with van der Waals surface area (Å²) in [6.07, 6.45) is 10.6. The lowest BCUT2D eigenvalue weighted by Gasteiger charge is -2.19. The van der Waals surface area contributed by atoms with E-state index in [2.05, 4.69) is 17.6 Å². The van der Waals surface area contributed by atoms with Crippen molar-refractivity contribution < 1.29 is 9.53 Å². The Hall–Kier alpha value is -1.14. The fourth-order valence-electron chi connectivity index (χ4n) is 3.91. The van der Waals surface area contributed by atoms with E-state index in [0.29, 0.717) is 22.6 Å². The lowest BCUT2D eigenvalue weighted by molar-refractivity contribution is 0.0601. The molecule has 0 amide bonds. The third-order valence-corrected chi connectivity index (χ3v) is 6.71. The van der Waals surface area contributed by atoms with Crippen LogP contribution in [0.2, 0.25) is 0 Å². The van der Waals surface area contributed by atoms with Crippen LogP contribution >= 0.6 is 23.6 Å². The predicted octanol–water partition coefficient (Wildman–Crippen LogP) is 4.67. The summed E-state index contributed by atoms with van der Waals surface area (Å²) in [6.45, 7) is 2.27. The first-order chi connectivity index (χ1) is 12.1. The van der Waals surface area contributed by atoms with E-state index in [9.17, 15) is 4.79 Å². The lowest BCUT2D eigenvalue weighted by atomic mass is 9.88. The Morgan fingerprint density at radius 1 is 1.20 bits per heavy atom. The minimum atomic E-state index is -0.258. The molecule has 138 valence electrons. The molecule has 0 bridgehead atoms. The second-order valence-electron chi connectivity index (χ2n) is 7.33. The highest BCUT2D eigenvalue weighted by molar-refractivity contribution is 7.80. The van der Waals surface area contributed by atoms with Gasteiger partial charge in [0.05, 0.1) is 12.7 Å². The molecule has 1 aromatic heterocycles. The van der Waals surface area contributed by atoms with Gasteiger partial charge < -0.3 is 15.4 Å². The predicted molar refractivity (Wildman–Crippen MR) is 108 cm³/mol. The summed E-state index contributed by atoms with van der Waals surface area (Å²) in [5.41, 5.74) is 1.86. The van der Waals surface area contributed by atoms with Gasteiger partial charge in [-0.05, 0) is 55.8 Å². The normalized spacial score (nSPS) is 21.1. The van der Waals surface area contributed by atoms with Crippen molar-refractivity contribution in [2.24, 2.45) is 5.92 Å². The van der Waals surface area contributed by atoms with Crippen LogP contribution < -0.4 is 10.6 Å². The number of methoxy groups -OCH3 is 1. The Morgan fingerprint density at radius 3 is 2.60 bits per heavy atom. The molecule has 0 aromatic carbocycles. The van der Waals surface area contributed by atoms with Gasteiger partial charge in [0.2, 0.25) is 0 Å². The van der Waals surface area contributed by atoms with Gasteiger partial charge >= 0.3 is 5.97 Å². The molecule has 0 saturated heterocycles. The zero-order valence-corrected chi connectivity index (χ0v) is 16.8. The zero-order chi connectivity index (χ0) is 17.8. The van der Waals surface area contributed by atoms with E-state index in [1.165, 1.54) is 50.5 Å². The molecule has 1 fully saturated rings. The Bertz CT molecular complexity index is 634. The molecule has 2 N–H and O–H groups in total. The number of hydrogen-bond donors (Lipinski definition) is 2. The van der Waals surface area contributed by atoms with Crippen molar-refractivity contribution >= 4 is 39.6 Å². The summed E-state index contributed by atoms with van der Waals surface area (Å²) in [5.74, 6) is 0.410. The molecule has 0 radical (unpaired) electrons. The number of carbonyl (C=O) groups is 1. The Morgan fingerprint density at radius 2 is 1.92 bits per heavy atom. The van der Waals surface area contributed by atoms with Crippen molar-refractivity contribution in [1.29, 1.82) is 0 Å². The average Bonchev–Trinajstić information content (AvgIpc) is 2.75. The van der Waals surface area contributed by atoms with Crippen LogP contribution in [0, 0.1) is 5.92 Å². The van der Waals surface area contributed by atoms with E-state index >= 15 is 0 Å². The van der Waals surface area contributed by atoms with Gasteiger partial charge in [-0.1, -0.05) is 32.6 Å². The quantitative estimate of drug-likeness (QED) is 0.453. The van der Waals surface area contributed by atoms with Crippen LogP contribution in [0.5, 0.6) is 0 Å². The largest absolute Gasteiger partial charge is 0.465 e. The van der Waals surface area contributed by atoms with E-state index in [1.54, 1.807) is 11.3 Å². The highest BCUT2D eigenvalue weighted by Gasteiger charge is 2.28. The van der Waals surface area contributed by atoms with Crippen molar-refractivity contribution in [2.45, 2.75) is 70.8 Å². The van der Waals surface area contributed by atoms with Crippen molar-refractivity contribution in [2.75, 3.05) is 12.4 Å². The van der Waals surface area contributed by atoms with E-state index in [-0.39, 0.29) is 5.97 Å². The minimum Gasteiger partial charge on any atom is -0.465 e. The van der Waals surface area contributed by atoms with E-state index in [0.717, 1.165) is 29.8 Å². The average molecular weight is 381 g/mol. The Labute approximate surface area is 159 Å². The number of ether oxygens (including phenoxy) is 1. The molecule has 1 unspecified atom stereocenters. The molecule has 0 aliphatic heterocycles. The molecule has 2 aliphatic rings. The van der Waals surface area contributed by atoms with Crippen LogP contribution in [-0.4, -0.2) is 24.2 Å². The first kappa shape index (κ1) is 18.6. The van der Waals surface area contributed by atoms with Crippen LogP contribution in [-0.2, 0) is 17.6 Å². The molecule has 25 heavy (non-hydrogen) atoms. The number of carbonyl (C=O) groups excluding carboxylic acids is 1. The van der Waals surface area contributed by atoms with Gasteiger partial charge in [-0.2, -0.15) is 0 Å². The van der Waals surface area contributed by atoms with E-state index in [4.69, 9.17) is 17.0 Å². The zero-order valence-electron chi connectivity index (χ0n) is 15.2. The highest BCUT2D eigenvalue weighted by atomic mass is 32.1. The summed E-state index contributed by atoms with van der Waals surface area (Å²) >= 11 is 7.20. The van der Waals surface area contributed by atoms with Gasteiger partial charge in [0.15, 0.2) is 5.11 Å². The number of thiophene rings is 1. The number of esters is 1. The third kappa shape index (κ3) is 4.53. The molecule has 4 nitrogen and oxygen atoms in total. The van der Waals surface area contributed by atoms with Gasteiger partial charge in [-0.15, -0.1) is 11.3 Å². The maximum Gasteiger partial charge on any atom is 0.341 e. The third-order valence-electron chi connectivity index (χ3n) is 5.32. The molecular weight excluding hydrogens is 352 g/mol. The van der Waals surface area contributed by atoms with Crippen LogP contribution in [0.1, 0.15) is 72.7 Å². The first-order valence-corrected chi connectivity index (χ1v) is 10.6. The Kier molecular flexibility index (Phi) is 6.34. The molecular formula is C19H28N2O2S2. The van der Waals surface area contributed by atoms with Crippen molar-refractivity contribution in [3.63, 3.8) is 0 Å².